The summed E-state index contributed by atoms with van der Waals surface area (Å²) in [6, 6.07) is 0.0320. The lowest BCUT2D eigenvalue weighted by Crippen LogP contribution is -2.47. The van der Waals surface area contributed by atoms with Crippen molar-refractivity contribution < 1.29 is 8.42 Å². The van der Waals surface area contributed by atoms with Gasteiger partial charge in [0.2, 0.25) is 10.0 Å². The zero-order valence-electron chi connectivity index (χ0n) is 10.9. The highest BCUT2D eigenvalue weighted by Gasteiger charge is 2.31. The number of rotatable bonds is 6. The molecule has 1 aliphatic rings. The molecule has 0 aliphatic heterocycles. The van der Waals surface area contributed by atoms with Crippen LogP contribution in [0.3, 0.4) is 0 Å². The number of nitrogens with one attached hydrogen (secondary N) is 1. The molecule has 1 saturated carbocycles. The Hall–Kier alpha value is 0.150. The van der Waals surface area contributed by atoms with Crippen molar-refractivity contribution >= 4 is 39.0 Å². The molecule has 3 unspecified atom stereocenters. The highest BCUT2D eigenvalue weighted by atomic mass is 32.2. The lowest BCUT2D eigenvalue weighted by molar-refractivity contribution is 0.420. The van der Waals surface area contributed by atoms with E-state index in [-0.39, 0.29) is 11.0 Å². The molecule has 1 rings (SSSR count). The molecule has 0 saturated heterocycles. The summed E-state index contributed by atoms with van der Waals surface area (Å²) in [6.45, 7) is 1.79. The summed E-state index contributed by atoms with van der Waals surface area (Å²) in [5.41, 5.74) is 5.50. The summed E-state index contributed by atoms with van der Waals surface area (Å²) in [5, 5.41) is -0.196. The van der Waals surface area contributed by atoms with Gasteiger partial charge in [-0.05, 0) is 31.9 Å². The molecule has 1 aliphatic carbocycles. The highest BCUT2D eigenvalue weighted by molar-refractivity contribution is 7.99. The van der Waals surface area contributed by atoms with Gasteiger partial charge in [-0.25, -0.2) is 13.1 Å². The van der Waals surface area contributed by atoms with Crippen molar-refractivity contribution in [3.63, 3.8) is 0 Å². The van der Waals surface area contributed by atoms with Crippen LogP contribution in [0.4, 0.5) is 0 Å². The van der Waals surface area contributed by atoms with E-state index < -0.39 is 15.3 Å². The van der Waals surface area contributed by atoms with Gasteiger partial charge in [0, 0.05) is 11.3 Å². The van der Waals surface area contributed by atoms with Crippen LogP contribution in [0.1, 0.15) is 39.0 Å². The fourth-order valence-electron chi connectivity index (χ4n) is 2.35. The first kappa shape index (κ1) is 16.2. The van der Waals surface area contributed by atoms with Crippen molar-refractivity contribution in [1.82, 2.24) is 4.72 Å². The van der Waals surface area contributed by atoms with Gasteiger partial charge < -0.3 is 5.73 Å². The summed E-state index contributed by atoms with van der Waals surface area (Å²) in [4.78, 5) is 0.0576. The van der Waals surface area contributed by atoms with E-state index in [9.17, 15) is 8.42 Å². The van der Waals surface area contributed by atoms with Crippen molar-refractivity contribution in [3.8, 4) is 0 Å². The van der Waals surface area contributed by atoms with Crippen LogP contribution >= 0.6 is 24.0 Å². The molecule has 1 fully saturated rings. The molecule has 0 aromatic heterocycles. The van der Waals surface area contributed by atoms with Crippen LogP contribution in [0.2, 0.25) is 0 Å². The number of nitrogens with two attached hydrogens (primary N) is 1. The molecule has 3 N–H and O–H groups in total. The van der Waals surface area contributed by atoms with Crippen LogP contribution in [0.5, 0.6) is 0 Å². The van der Waals surface area contributed by atoms with Crippen LogP contribution < -0.4 is 10.5 Å². The zero-order valence-corrected chi connectivity index (χ0v) is 13.3. The largest absolute Gasteiger partial charge is 0.392 e. The predicted octanol–water partition coefficient (Wildman–Crippen LogP) is 1.64. The van der Waals surface area contributed by atoms with Gasteiger partial charge in [-0.3, -0.25) is 0 Å². The SMILES string of the molecule is CCC(C(N)=S)S(=O)(=O)NC1CCCC(SC)C1. The lowest BCUT2D eigenvalue weighted by atomic mass is 9.96. The van der Waals surface area contributed by atoms with Crippen molar-refractivity contribution in [3.05, 3.63) is 0 Å². The molecule has 0 amide bonds. The van der Waals surface area contributed by atoms with Crippen LogP contribution in [0.25, 0.3) is 0 Å². The Morgan fingerprint density at radius 3 is 2.72 bits per heavy atom. The van der Waals surface area contributed by atoms with Gasteiger partial charge in [0.1, 0.15) is 5.25 Å². The molecular weight excluding hydrogens is 288 g/mol. The first-order chi connectivity index (χ1) is 8.40. The van der Waals surface area contributed by atoms with Crippen molar-refractivity contribution in [1.29, 1.82) is 0 Å². The number of sulfonamides is 1. The van der Waals surface area contributed by atoms with Crippen LogP contribution in [0, 0.1) is 0 Å². The second-order valence-corrected chi connectivity index (χ2v) is 8.19. The summed E-state index contributed by atoms with van der Waals surface area (Å²) < 4.78 is 27.1. The number of hydrogen-bond acceptors (Lipinski definition) is 4. The normalized spacial score (nSPS) is 26.8. The van der Waals surface area contributed by atoms with Gasteiger partial charge >= 0.3 is 0 Å². The summed E-state index contributed by atoms with van der Waals surface area (Å²) >= 11 is 6.64. The van der Waals surface area contributed by atoms with Gasteiger partial charge in [0.15, 0.2) is 0 Å². The molecule has 0 aromatic rings. The fraction of sp³-hybridized carbons (Fsp3) is 0.909. The maximum Gasteiger partial charge on any atom is 0.221 e. The monoisotopic (exact) mass is 310 g/mol. The zero-order chi connectivity index (χ0) is 13.8. The van der Waals surface area contributed by atoms with Gasteiger partial charge in [-0.2, -0.15) is 11.8 Å². The molecule has 0 radical (unpaired) electrons. The molecule has 18 heavy (non-hydrogen) atoms. The third-order valence-electron chi connectivity index (χ3n) is 3.35. The van der Waals surface area contributed by atoms with Gasteiger partial charge in [-0.1, -0.05) is 25.6 Å². The minimum Gasteiger partial charge on any atom is -0.392 e. The van der Waals surface area contributed by atoms with Crippen LogP contribution in [-0.2, 0) is 10.0 Å². The molecule has 0 heterocycles. The van der Waals surface area contributed by atoms with Crippen molar-refractivity contribution in [2.24, 2.45) is 5.73 Å². The first-order valence-corrected chi connectivity index (χ1v) is 9.48. The third-order valence-corrected chi connectivity index (χ3v) is 6.88. The molecule has 0 spiro atoms. The average Bonchev–Trinajstić information content (AvgIpc) is 2.28. The number of thioether (sulfide) groups is 1. The molecule has 7 heteroatoms. The standard InChI is InChI=1S/C11H22N2O2S3/c1-3-10(11(12)16)18(14,15)13-8-5-4-6-9(7-8)17-2/h8-10,13H,3-7H2,1-2H3,(H2,12,16). The van der Waals surface area contributed by atoms with E-state index in [1.807, 2.05) is 11.8 Å². The highest BCUT2D eigenvalue weighted by Crippen LogP contribution is 2.27. The van der Waals surface area contributed by atoms with E-state index in [2.05, 4.69) is 11.0 Å². The van der Waals surface area contributed by atoms with Crippen LogP contribution in [0.15, 0.2) is 0 Å². The second kappa shape index (κ2) is 7.07. The van der Waals surface area contributed by atoms with E-state index in [1.54, 1.807) is 6.92 Å². The van der Waals surface area contributed by atoms with Gasteiger partial charge in [-0.15, -0.1) is 0 Å². The number of hydrogen-bond donors (Lipinski definition) is 2. The third kappa shape index (κ3) is 4.36. The summed E-state index contributed by atoms with van der Waals surface area (Å²) in [5.74, 6) is 0. The molecule has 3 atom stereocenters. The Balaban J connectivity index is 2.67. The minimum atomic E-state index is -3.43. The second-order valence-electron chi connectivity index (χ2n) is 4.68. The van der Waals surface area contributed by atoms with E-state index in [0.29, 0.717) is 11.7 Å². The van der Waals surface area contributed by atoms with E-state index in [1.165, 1.54) is 6.42 Å². The summed E-state index contributed by atoms with van der Waals surface area (Å²) in [6.07, 6.45) is 6.54. The Morgan fingerprint density at radius 1 is 1.56 bits per heavy atom. The van der Waals surface area contributed by atoms with Crippen LogP contribution in [-0.4, -0.2) is 36.2 Å². The fourth-order valence-corrected chi connectivity index (χ4v) is 5.32. The molecule has 106 valence electrons. The van der Waals surface area contributed by atoms with Crippen molar-refractivity contribution in [2.75, 3.05) is 6.26 Å². The summed E-state index contributed by atoms with van der Waals surface area (Å²) in [7, 11) is -3.43. The Kier molecular flexibility index (Phi) is 6.37. The van der Waals surface area contributed by atoms with E-state index in [4.69, 9.17) is 18.0 Å². The quantitative estimate of drug-likeness (QED) is 0.730. The van der Waals surface area contributed by atoms with E-state index in [0.717, 1.165) is 19.3 Å². The molecule has 0 bridgehead atoms. The Bertz CT molecular complexity index is 384. The molecular formula is C11H22N2O2S3. The maximum atomic E-state index is 12.2. The topological polar surface area (TPSA) is 72.2 Å². The van der Waals surface area contributed by atoms with Gasteiger partial charge in [0.05, 0.1) is 4.99 Å². The first-order valence-electron chi connectivity index (χ1n) is 6.24. The average molecular weight is 311 g/mol. The lowest BCUT2D eigenvalue weighted by Gasteiger charge is -2.29. The molecule has 0 aromatic carbocycles. The number of thiocarbonyl (C=S) groups is 1. The maximum absolute atomic E-state index is 12.2. The van der Waals surface area contributed by atoms with E-state index >= 15 is 0 Å². The molecule has 4 nitrogen and oxygen atoms in total. The van der Waals surface area contributed by atoms with Gasteiger partial charge in [0.25, 0.3) is 0 Å². The smallest absolute Gasteiger partial charge is 0.221 e. The Morgan fingerprint density at radius 2 is 2.22 bits per heavy atom. The predicted molar refractivity (Wildman–Crippen MR) is 82.5 cm³/mol. The minimum absolute atomic E-state index is 0.0320. The Labute approximate surface area is 120 Å². The van der Waals surface area contributed by atoms with Crippen molar-refractivity contribution in [2.45, 2.75) is 55.6 Å².